The van der Waals surface area contributed by atoms with Crippen molar-refractivity contribution in [3.05, 3.63) is 52.3 Å². The minimum Gasteiger partial charge on any atom is -0.379 e. The van der Waals surface area contributed by atoms with Crippen LogP contribution in [0.15, 0.2) is 30.3 Å². The molecule has 32 heavy (non-hydrogen) atoms. The van der Waals surface area contributed by atoms with E-state index in [2.05, 4.69) is 20.3 Å². The molecule has 1 aliphatic rings. The number of benzene rings is 1. The number of hydrogen-bond acceptors (Lipinski definition) is 5. The molecule has 1 amide bonds. The van der Waals surface area contributed by atoms with Crippen molar-refractivity contribution in [1.29, 1.82) is 0 Å². The van der Waals surface area contributed by atoms with Crippen molar-refractivity contribution in [3.63, 3.8) is 0 Å². The van der Waals surface area contributed by atoms with Crippen molar-refractivity contribution in [2.24, 2.45) is 0 Å². The van der Waals surface area contributed by atoms with Crippen molar-refractivity contribution >= 4 is 23.2 Å². The number of amides is 1. The van der Waals surface area contributed by atoms with Crippen LogP contribution in [-0.4, -0.2) is 64.8 Å². The Balaban J connectivity index is 1.65. The summed E-state index contributed by atoms with van der Waals surface area (Å²) in [6, 6.07) is 7.82. The van der Waals surface area contributed by atoms with Gasteiger partial charge in [-0.2, -0.15) is 18.3 Å². The van der Waals surface area contributed by atoms with Crippen molar-refractivity contribution in [2.45, 2.75) is 13.1 Å². The van der Waals surface area contributed by atoms with Gasteiger partial charge in [0.05, 0.1) is 18.9 Å². The Hall–Kier alpha value is -2.69. The van der Waals surface area contributed by atoms with Crippen LogP contribution in [-0.2, 0) is 10.9 Å². The molecule has 1 aliphatic heterocycles. The van der Waals surface area contributed by atoms with E-state index >= 15 is 0 Å². The van der Waals surface area contributed by atoms with E-state index in [9.17, 15) is 18.0 Å². The molecule has 0 atom stereocenters. The highest BCUT2D eigenvalue weighted by atomic mass is 35.5. The van der Waals surface area contributed by atoms with Gasteiger partial charge in [-0.15, -0.1) is 0 Å². The summed E-state index contributed by atoms with van der Waals surface area (Å²) in [6.45, 7) is 5.53. The second-order valence-electron chi connectivity index (χ2n) is 7.50. The maximum Gasteiger partial charge on any atom is 0.433 e. The Morgan fingerprint density at radius 2 is 1.91 bits per heavy atom. The topological polar surface area (TPSA) is 71.8 Å². The number of hydrogen-bond donors (Lipinski definition) is 1. The second-order valence-corrected chi connectivity index (χ2v) is 7.88. The molecule has 1 fully saturated rings. The predicted molar refractivity (Wildman–Crippen MR) is 113 cm³/mol. The summed E-state index contributed by atoms with van der Waals surface area (Å²) in [5.41, 5.74) is -0.0389. The number of halogens is 4. The van der Waals surface area contributed by atoms with Gasteiger partial charge in [0.1, 0.15) is 5.02 Å². The van der Waals surface area contributed by atoms with Crippen molar-refractivity contribution in [2.75, 3.05) is 39.4 Å². The van der Waals surface area contributed by atoms with Gasteiger partial charge in [0.2, 0.25) is 0 Å². The van der Waals surface area contributed by atoms with Crippen LogP contribution < -0.4 is 5.32 Å². The molecule has 0 saturated carbocycles. The summed E-state index contributed by atoms with van der Waals surface area (Å²) < 4.78 is 47.2. The Bertz CT molecular complexity index is 1130. The van der Waals surface area contributed by atoms with Crippen LogP contribution in [0.3, 0.4) is 0 Å². The molecule has 0 unspecified atom stereocenters. The molecule has 170 valence electrons. The minimum absolute atomic E-state index is 0.0888. The second kappa shape index (κ2) is 9.05. The number of ether oxygens (including phenoxy) is 1. The molecule has 11 heteroatoms. The Morgan fingerprint density at radius 1 is 1.22 bits per heavy atom. The number of rotatable bonds is 5. The standard InChI is InChI=1S/C21H21ClF3N5O2/c1-13-2-4-14(5-3-13)15-12-16(21(23,24)25)30-19(27-15)17(22)18(28-30)20(31)26-6-7-29-8-10-32-11-9-29/h2-5,12H,6-11H2,1H3,(H,26,31). The summed E-state index contributed by atoms with van der Waals surface area (Å²) in [5, 5.41) is 6.29. The fourth-order valence-corrected chi connectivity index (χ4v) is 3.69. The molecule has 4 rings (SSSR count). The molecule has 2 aromatic heterocycles. The molecule has 1 saturated heterocycles. The molecule has 3 heterocycles. The van der Waals surface area contributed by atoms with Crippen LogP contribution >= 0.6 is 11.6 Å². The third-order valence-electron chi connectivity index (χ3n) is 5.20. The summed E-state index contributed by atoms with van der Waals surface area (Å²) in [7, 11) is 0. The Kier molecular flexibility index (Phi) is 6.36. The van der Waals surface area contributed by atoms with Crippen molar-refractivity contribution in [1.82, 2.24) is 24.8 Å². The number of carbonyl (C=O) groups is 1. The highest BCUT2D eigenvalue weighted by molar-refractivity contribution is 6.36. The van der Waals surface area contributed by atoms with E-state index in [0.29, 0.717) is 36.4 Å². The highest BCUT2D eigenvalue weighted by Crippen LogP contribution is 2.34. The first-order valence-corrected chi connectivity index (χ1v) is 10.4. The number of alkyl halides is 3. The van der Waals surface area contributed by atoms with E-state index in [4.69, 9.17) is 16.3 Å². The van der Waals surface area contributed by atoms with Gasteiger partial charge in [0, 0.05) is 31.7 Å². The van der Waals surface area contributed by atoms with Gasteiger partial charge in [-0.3, -0.25) is 9.69 Å². The number of carbonyl (C=O) groups excluding carboxylic acids is 1. The van der Waals surface area contributed by atoms with Gasteiger partial charge < -0.3 is 10.1 Å². The van der Waals surface area contributed by atoms with Crippen LogP contribution in [0.5, 0.6) is 0 Å². The van der Waals surface area contributed by atoms with Crippen LogP contribution in [0.4, 0.5) is 13.2 Å². The smallest absolute Gasteiger partial charge is 0.379 e. The molecule has 7 nitrogen and oxygen atoms in total. The monoisotopic (exact) mass is 467 g/mol. The molecule has 0 spiro atoms. The first-order valence-electron chi connectivity index (χ1n) is 10.1. The number of nitrogens with zero attached hydrogens (tertiary/aromatic N) is 4. The number of aryl methyl sites for hydroxylation is 1. The quantitative estimate of drug-likeness (QED) is 0.622. The van der Waals surface area contributed by atoms with Gasteiger partial charge in [-0.25, -0.2) is 9.50 Å². The van der Waals surface area contributed by atoms with Gasteiger partial charge in [-0.05, 0) is 13.0 Å². The number of aromatic nitrogens is 3. The largest absolute Gasteiger partial charge is 0.433 e. The Morgan fingerprint density at radius 3 is 2.56 bits per heavy atom. The maximum atomic E-state index is 13.8. The summed E-state index contributed by atoms with van der Waals surface area (Å²) in [6.07, 6.45) is -4.72. The van der Waals surface area contributed by atoms with E-state index in [1.165, 1.54) is 0 Å². The third-order valence-corrected chi connectivity index (χ3v) is 5.55. The van der Waals surface area contributed by atoms with Crippen LogP contribution in [0.25, 0.3) is 16.9 Å². The molecule has 1 aromatic carbocycles. The average Bonchev–Trinajstić information content (AvgIpc) is 3.10. The number of morpholine rings is 1. The van der Waals surface area contributed by atoms with Crippen molar-refractivity contribution < 1.29 is 22.7 Å². The zero-order valence-corrected chi connectivity index (χ0v) is 18.0. The first kappa shape index (κ1) is 22.5. The molecule has 0 radical (unpaired) electrons. The van der Waals surface area contributed by atoms with Crippen LogP contribution in [0, 0.1) is 6.92 Å². The lowest BCUT2D eigenvalue weighted by Gasteiger charge is -2.26. The fraction of sp³-hybridized carbons (Fsp3) is 0.381. The van der Waals surface area contributed by atoms with Gasteiger partial charge in [-0.1, -0.05) is 41.4 Å². The molecular formula is C21H21ClF3N5O2. The van der Waals surface area contributed by atoms with Crippen LogP contribution in [0.1, 0.15) is 21.7 Å². The number of fused-ring (bicyclic) bond motifs is 1. The van der Waals surface area contributed by atoms with Gasteiger partial charge >= 0.3 is 6.18 Å². The van der Waals surface area contributed by atoms with Crippen LogP contribution in [0.2, 0.25) is 5.02 Å². The maximum absolute atomic E-state index is 13.8. The van der Waals surface area contributed by atoms with E-state index in [1.54, 1.807) is 24.3 Å². The minimum atomic E-state index is -4.72. The lowest BCUT2D eigenvalue weighted by atomic mass is 10.1. The summed E-state index contributed by atoms with van der Waals surface area (Å²) >= 11 is 6.29. The van der Waals surface area contributed by atoms with E-state index < -0.39 is 17.8 Å². The lowest BCUT2D eigenvalue weighted by Crippen LogP contribution is -2.41. The third kappa shape index (κ3) is 4.72. The van der Waals surface area contributed by atoms with E-state index in [-0.39, 0.29) is 22.1 Å². The zero-order valence-electron chi connectivity index (χ0n) is 17.2. The van der Waals surface area contributed by atoms with Gasteiger partial charge in [0.25, 0.3) is 5.91 Å². The molecule has 0 aliphatic carbocycles. The van der Waals surface area contributed by atoms with Crippen molar-refractivity contribution in [3.8, 4) is 11.3 Å². The first-order chi connectivity index (χ1) is 15.2. The molecule has 1 N–H and O–H groups in total. The average molecular weight is 468 g/mol. The Labute approximate surface area is 187 Å². The SMILES string of the molecule is Cc1ccc(-c2cc(C(F)(F)F)n3nc(C(=O)NCCN4CCOCC4)c(Cl)c3n2)cc1. The van der Waals surface area contributed by atoms with E-state index in [1.807, 2.05) is 6.92 Å². The lowest BCUT2D eigenvalue weighted by molar-refractivity contribution is -0.142. The molecular weight excluding hydrogens is 447 g/mol. The highest BCUT2D eigenvalue weighted by Gasteiger charge is 2.36. The normalized spacial score (nSPS) is 15.3. The molecule has 3 aromatic rings. The molecule has 0 bridgehead atoms. The number of nitrogens with one attached hydrogen (secondary N) is 1. The van der Waals surface area contributed by atoms with Gasteiger partial charge in [0.15, 0.2) is 17.0 Å². The van der Waals surface area contributed by atoms with E-state index in [0.717, 1.165) is 24.7 Å². The fourth-order valence-electron chi connectivity index (χ4n) is 3.45. The summed E-state index contributed by atoms with van der Waals surface area (Å²) in [4.78, 5) is 19.0. The summed E-state index contributed by atoms with van der Waals surface area (Å²) in [5.74, 6) is -0.654. The zero-order chi connectivity index (χ0) is 22.9. The predicted octanol–water partition coefficient (Wildman–Crippen LogP) is 3.44.